The molecule has 108 heavy (non-hydrogen) atoms. The average Bonchev–Trinajstić information content (AvgIpc) is 1.49. The van der Waals surface area contributed by atoms with Crippen LogP contribution in [0.4, 0.5) is 42.9 Å². The third-order valence-corrected chi connectivity index (χ3v) is 23.4. The van der Waals surface area contributed by atoms with Gasteiger partial charge in [-0.1, -0.05) is 279 Å². The molecule has 6 heteroatoms. The summed E-state index contributed by atoms with van der Waals surface area (Å²) >= 11 is 0. The second kappa shape index (κ2) is 25.2. The Balaban J connectivity index is 0.923. The largest absolute Gasteiger partial charge is 0.454 e. The first-order valence-corrected chi connectivity index (χ1v) is 37.0. The van der Waals surface area contributed by atoms with Crippen LogP contribution in [0.15, 0.2) is 361 Å². The molecule has 0 N–H and O–H groups in total. The molecule has 16 aromatic carbocycles. The maximum atomic E-state index is 19.4. The number of hydrogen-bond donors (Lipinski definition) is 0. The number of rotatable bonds is 13. The number of hydrogen-bond acceptors (Lipinski definition) is 4. The second-order valence-corrected chi connectivity index (χ2v) is 28.9. The van der Waals surface area contributed by atoms with E-state index in [0.717, 1.165) is 166 Å². The smallest absolute Gasteiger partial charge is 0.159 e. The van der Waals surface area contributed by atoms with Gasteiger partial charge in [0.1, 0.15) is 22.8 Å². The third-order valence-electron chi connectivity index (χ3n) is 23.4. The lowest BCUT2D eigenvalue weighted by atomic mass is 9.49. The summed E-state index contributed by atoms with van der Waals surface area (Å²) in [5.41, 5.74) is 25.2. The predicted octanol–water partition coefficient (Wildman–Crippen LogP) is 27.9. The van der Waals surface area contributed by atoms with Gasteiger partial charge in [0.2, 0.25) is 0 Å². The minimum absolute atomic E-state index is 0.375. The summed E-state index contributed by atoms with van der Waals surface area (Å²) in [5, 5.41) is 3.74. The zero-order chi connectivity index (χ0) is 72.5. The number of halogens is 2. The summed E-state index contributed by atoms with van der Waals surface area (Å²) in [6.07, 6.45) is 0. The Morgan fingerprint density at radius 2 is 0.602 bits per heavy atom. The number of furan rings is 2. The molecule has 4 nitrogen and oxygen atoms in total. The standard InChI is InChI=1S/C102H70F2N2O2/c1-63-29-25-43-75(65(63)3)85-57-69(67-31-9-5-10-32-67)59-91(103)97(85)105(93-49-27-45-83-81-41-19-23-51-95(81)107-99(83)93)73-53-55-79-77-39-17-21-47-87(77)101(89(79)61-73,71-35-13-7-14-36-71)102(72-37-15-8-16-38-72)88-48-22-18-40-78(88)80-56-54-74(62-90(80)102)106(94-50-28-46-84-82-42-20-24-52-96(82)108-100(84)94)98-86(76-44-26-30-64(2)66(76)4)58-70(60-92(98)104)68-33-11-6-12-34-68/h5-62H,1-4H3. The van der Waals surface area contributed by atoms with E-state index >= 15 is 8.78 Å². The number of benzene rings is 16. The number of anilines is 6. The summed E-state index contributed by atoms with van der Waals surface area (Å²) in [4.78, 5) is 4.27. The van der Waals surface area contributed by atoms with Crippen LogP contribution in [0, 0.1) is 39.3 Å². The Morgan fingerprint density at radius 3 is 1.03 bits per heavy atom. The Labute approximate surface area is 626 Å². The van der Waals surface area contributed by atoms with Crippen molar-refractivity contribution in [1.82, 2.24) is 0 Å². The van der Waals surface area contributed by atoms with Gasteiger partial charge in [-0.15, -0.1) is 0 Å². The van der Waals surface area contributed by atoms with Crippen molar-refractivity contribution in [3.8, 4) is 66.8 Å². The molecule has 0 saturated heterocycles. The van der Waals surface area contributed by atoms with Gasteiger partial charge in [-0.05, 0) is 212 Å². The molecule has 2 unspecified atom stereocenters. The lowest BCUT2D eigenvalue weighted by Gasteiger charge is -2.51. The predicted molar refractivity (Wildman–Crippen MR) is 441 cm³/mol. The van der Waals surface area contributed by atoms with Gasteiger partial charge in [0, 0.05) is 44.0 Å². The van der Waals surface area contributed by atoms with Crippen LogP contribution in [-0.4, -0.2) is 0 Å². The van der Waals surface area contributed by atoms with Crippen molar-refractivity contribution >= 4 is 78.0 Å². The van der Waals surface area contributed by atoms with Gasteiger partial charge in [0.15, 0.2) is 11.2 Å². The Morgan fingerprint density at radius 1 is 0.259 bits per heavy atom. The van der Waals surface area contributed by atoms with Crippen molar-refractivity contribution in [3.63, 3.8) is 0 Å². The highest BCUT2D eigenvalue weighted by molar-refractivity contribution is 6.13. The van der Waals surface area contributed by atoms with E-state index in [-0.39, 0.29) is 0 Å². The summed E-state index contributed by atoms with van der Waals surface area (Å²) in [7, 11) is 0. The van der Waals surface area contributed by atoms with E-state index in [1.54, 1.807) is 12.1 Å². The molecule has 0 amide bonds. The van der Waals surface area contributed by atoms with E-state index in [1.165, 1.54) is 0 Å². The van der Waals surface area contributed by atoms with Crippen molar-refractivity contribution < 1.29 is 17.6 Å². The minimum atomic E-state index is -1.18. The molecule has 20 rings (SSSR count). The molecule has 0 radical (unpaired) electrons. The van der Waals surface area contributed by atoms with E-state index in [0.29, 0.717) is 33.9 Å². The molecule has 0 fully saturated rings. The van der Waals surface area contributed by atoms with Crippen LogP contribution in [0.3, 0.4) is 0 Å². The minimum Gasteiger partial charge on any atom is -0.454 e. The summed E-state index contributed by atoms with van der Waals surface area (Å²) in [6.45, 7) is 8.52. The second-order valence-electron chi connectivity index (χ2n) is 28.9. The fourth-order valence-corrected chi connectivity index (χ4v) is 18.4. The van der Waals surface area contributed by atoms with Crippen LogP contribution in [0.25, 0.3) is 111 Å². The topological polar surface area (TPSA) is 32.8 Å². The molecule has 2 aliphatic carbocycles. The van der Waals surface area contributed by atoms with Crippen molar-refractivity contribution in [3.05, 3.63) is 419 Å². The third kappa shape index (κ3) is 9.52. The molecule has 2 aliphatic rings. The SMILES string of the molecule is Cc1cccc(-c2cc(-c3ccccc3)cc(F)c2N(c2ccc3c(c2)C(c2ccccc2)(C2(c4ccccc4)c4ccccc4-c4ccc(N(c5c(F)cc(-c6ccccc6)cc5-c5cccc(C)c5C)c5cccc6c5oc5ccccc56)cc42)c2ccccc2-3)c2cccc3c2oc2ccccc23)c1C. The van der Waals surface area contributed by atoms with Crippen LogP contribution >= 0.6 is 0 Å². The van der Waals surface area contributed by atoms with E-state index in [9.17, 15) is 0 Å². The van der Waals surface area contributed by atoms with E-state index < -0.39 is 22.5 Å². The maximum Gasteiger partial charge on any atom is 0.159 e. The van der Waals surface area contributed by atoms with Crippen molar-refractivity contribution in [2.45, 2.75) is 38.5 Å². The number of aryl methyl sites for hydroxylation is 2. The molecule has 2 aromatic heterocycles. The van der Waals surface area contributed by atoms with Crippen LogP contribution < -0.4 is 9.80 Å². The molecule has 0 spiro atoms. The average molecular weight is 1390 g/mol. The van der Waals surface area contributed by atoms with Crippen molar-refractivity contribution in [2.75, 3.05) is 9.80 Å². The molecular weight excluding hydrogens is 1320 g/mol. The number of nitrogens with zero attached hydrogens (tertiary/aromatic N) is 2. The van der Waals surface area contributed by atoms with Crippen molar-refractivity contribution in [2.24, 2.45) is 0 Å². The molecule has 0 bridgehead atoms. The fourth-order valence-electron chi connectivity index (χ4n) is 18.4. The van der Waals surface area contributed by atoms with Crippen LogP contribution in [-0.2, 0) is 10.8 Å². The van der Waals surface area contributed by atoms with Crippen LogP contribution in [0.5, 0.6) is 0 Å². The first-order chi connectivity index (χ1) is 53.1. The number of para-hydroxylation sites is 4. The maximum absolute atomic E-state index is 19.4. The first-order valence-electron chi connectivity index (χ1n) is 37.0. The number of fused-ring (bicyclic) bond motifs is 12. The Bertz CT molecular complexity index is 6260. The zero-order valence-corrected chi connectivity index (χ0v) is 60.0. The van der Waals surface area contributed by atoms with Crippen molar-refractivity contribution in [1.29, 1.82) is 0 Å². The molecule has 514 valence electrons. The highest BCUT2D eigenvalue weighted by Crippen LogP contribution is 2.71. The molecule has 2 heterocycles. The van der Waals surface area contributed by atoms with Gasteiger partial charge in [0.05, 0.1) is 33.6 Å². The van der Waals surface area contributed by atoms with Gasteiger partial charge in [-0.25, -0.2) is 8.78 Å². The van der Waals surface area contributed by atoms with Crippen LogP contribution in [0.2, 0.25) is 0 Å². The summed E-state index contributed by atoms with van der Waals surface area (Å²) < 4.78 is 53.0. The highest BCUT2D eigenvalue weighted by atomic mass is 19.1. The van der Waals surface area contributed by atoms with Gasteiger partial charge in [-0.3, -0.25) is 0 Å². The Hall–Kier alpha value is -13.4. The molecule has 0 saturated carbocycles. The quantitative estimate of drug-likeness (QED) is 0.115. The summed E-state index contributed by atoms with van der Waals surface area (Å²) in [5.74, 6) is -0.805. The zero-order valence-electron chi connectivity index (χ0n) is 60.0. The molecular formula is C102H70F2N2O2. The molecule has 18 aromatic rings. The first kappa shape index (κ1) is 64.2. The van der Waals surface area contributed by atoms with Gasteiger partial charge in [0.25, 0.3) is 0 Å². The lowest BCUT2D eigenvalue weighted by Crippen LogP contribution is -2.50. The highest BCUT2D eigenvalue weighted by Gasteiger charge is 2.64. The normalized spacial score (nSPS) is 14.8. The molecule has 2 atom stereocenters. The Kier molecular flexibility index (Phi) is 15.0. The fraction of sp³-hybridized carbons (Fsp3) is 0.0588. The van der Waals surface area contributed by atoms with Gasteiger partial charge < -0.3 is 18.6 Å². The van der Waals surface area contributed by atoms with Gasteiger partial charge >= 0.3 is 0 Å². The monoisotopic (exact) mass is 1390 g/mol. The lowest BCUT2D eigenvalue weighted by molar-refractivity contribution is 0.437. The van der Waals surface area contributed by atoms with Gasteiger partial charge in [-0.2, -0.15) is 0 Å². The molecule has 0 aliphatic heterocycles. The van der Waals surface area contributed by atoms with E-state index in [1.807, 2.05) is 97.1 Å². The summed E-state index contributed by atoms with van der Waals surface area (Å²) in [6, 6.07) is 123. The van der Waals surface area contributed by atoms with Crippen LogP contribution in [0.1, 0.15) is 55.6 Å². The van der Waals surface area contributed by atoms with E-state index in [2.05, 4.69) is 280 Å². The van der Waals surface area contributed by atoms with E-state index in [4.69, 9.17) is 8.83 Å².